The van der Waals surface area contributed by atoms with Crippen molar-refractivity contribution in [1.82, 2.24) is 0 Å². The zero-order valence-corrected chi connectivity index (χ0v) is 12.1. The van der Waals surface area contributed by atoms with Gasteiger partial charge < -0.3 is 5.11 Å². The fourth-order valence-electron chi connectivity index (χ4n) is 2.52. The molecule has 1 nitrogen and oxygen atoms in total. The molecule has 0 fully saturated rings. The van der Waals surface area contributed by atoms with Gasteiger partial charge in [-0.05, 0) is 30.1 Å². The van der Waals surface area contributed by atoms with Crippen LogP contribution in [0, 0.1) is 17.3 Å². The molecule has 0 aliphatic rings. The summed E-state index contributed by atoms with van der Waals surface area (Å²) in [6, 6.07) is 0. The summed E-state index contributed by atoms with van der Waals surface area (Å²) in [5, 5.41) is 9.45. The Morgan fingerprint density at radius 3 is 2.12 bits per heavy atom. The van der Waals surface area contributed by atoms with Crippen LogP contribution in [0.4, 0.5) is 0 Å². The maximum atomic E-state index is 9.45. The average molecular weight is 228 g/mol. The van der Waals surface area contributed by atoms with E-state index < -0.39 is 0 Å². The second-order valence-corrected chi connectivity index (χ2v) is 6.53. The summed E-state index contributed by atoms with van der Waals surface area (Å²) in [4.78, 5) is 0. The number of unbranched alkanes of at least 4 members (excludes halogenated alkanes) is 3. The molecule has 0 saturated carbocycles. The molecule has 0 spiro atoms. The third-order valence-electron chi connectivity index (χ3n) is 3.40. The van der Waals surface area contributed by atoms with Gasteiger partial charge in [0.1, 0.15) is 0 Å². The van der Waals surface area contributed by atoms with Crippen LogP contribution in [-0.4, -0.2) is 11.7 Å². The third-order valence-corrected chi connectivity index (χ3v) is 3.40. The van der Waals surface area contributed by atoms with E-state index in [1.165, 1.54) is 38.5 Å². The maximum Gasteiger partial charge on any atom is 0.0461 e. The highest BCUT2D eigenvalue weighted by molar-refractivity contribution is 4.72. The topological polar surface area (TPSA) is 20.2 Å². The van der Waals surface area contributed by atoms with Crippen LogP contribution in [-0.2, 0) is 0 Å². The van der Waals surface area contributed by atoms with Crippen molar-refractivity contribution < 1.29 is 5.11 Å². The van der Waals surface area contributed by atoms with E-state index in [0.717, 1.165) is 0 Å². The molecule has 0 saturated heterocycles. The highest BCUT2D eigenvalue weighted by atomic mass is 16.3. The minimum atomic E-state index is 0.364. The molecule has 2 atom stereocenters. The van der Waals surface area contributed by atoms with Gasteiger partial charge in [0.2, 0.25) is 0 Å². The highest BCUT2D eigenvalue weighted by Gasteiger charge is 2.21. The lowest BCUT2D eigenvalue weighted by molar-refractivity contribution is 0.141. The normalized spacial score (nSPS) is 16.1. The molecule has 1 N–H and O–H groups in total. The summed E-state index contributed by atoms with van der Waals surface area (Å²) in [5.41, 5.74) is 0.385. The average Bonchev–Trinajstić information content (AvgIpc) is 2.15. The van der Waals surface area contributed by atoms with Crippen molar-refractivity contribution in [2.45, 2.75) is 73.1 Å². The molecule has 0 amide bonds. The Balaban J connectivity index is 3.87. The molecule has 0 aliphatic heterocycles. The number of hydrogen-bond donors (Lipinski definition) is 1. The fourth-order valence-corrected chi connectivity index (χ4v) is 2.52. The van der Waals surface area contributed by atoms with Gasteiger partial charge in [-0.1, -0.05) is 60.3 Å². The fraction of sp³-hybridized carbons (Fsp3) is 1.00. The maximum absolute atomic E-state index is 9.45. The molecule has 0 bridgehead atoms. The number of hydrogen-bond acceptors (Lipinski definition) is 1. The molecule has 1 heteroatoms. The molecule has 16 heavy (non-hydrogen) atoms. The number of aliphatic hydroxyl groups is 1. The van der Waals surface area contributed by atoms with Crippen LogP contribution in [0.15, 0.2) is 0 Å². The van der Waals surface area contributed by atoms with Gasteiger partial charge in [-0.15, -0.1) is 0 Å². The highest BCUT2D eigenvalue weighted by Crippen LogP contribution is 2.30. The lowest BCUT2D eigenvalue weighted by Crippen LogP contribution is -2.21. The minimum Gasteiger partial charge on any atom is -0.396 e. The van der Waals surface area contributed by atoms with E-state index in [2.05, 4.69) is 34.6 Å². The Morgan fingerprint density at radius 1 is 1.06 bits per heavy atom. The molecule has 0 aromatic rings. The predicted octanol–water partition coefficient (Wildman–Crippen LogP) is 4.64. The van der Waals surface area contributed by atoms with E-state index in [9.17, 15) is 5.11 Å². The molecular weight excluding hydrogens is 196 g/mol. The molecular formula is C15H32O. The van der Waals surface area contributed by atoms with Gasteiger partial charge in [0.25, 0.3) is 0 Å². The van der Waals surface area contributed by atoms with Gasteiger partial charge in [0, 0.05) is 6.61 Å². The lowest BCUT2D eigenvalue weighted by Gasteiger charge is -2.28. The van der Waals surface area contributed by atoms with Gasteiger partial charge in [-0.3, -0.25) is 0 Å². The summed E-state index contributed by atoms with van der Waals surface area (Å²) in [7, 11) is 0. The lowest BCUT2D eigenvalue weighted by atomic mass is 9.78. The van der Waals surface area contributed by atoms with Crippen molar-refractivity contribution in [1.29, 1.82) is 0 Å². The number of rotatable bonds is 8. The molecule has 0 aromatic carbocycles. The Bertz CT molecular complexity index is 157. The Kier molecular flexibility index (Phi) is 8.09. The molecule has 0 aromatic heterocycles. The Hall–Kier alpha value is -0.0400. The minimum absolute atomic E-state index is 0.364. The predicted molar refractivity (Wildman–Crippen MR) is 72.6 cm³/mol. The first-order chi connectivity index (χ1) is 7.40. The first kappa shape index (κ1) is 16.0. The van der Waals surface area contributed by atoms with E-state index in [1.807, 2.05) is 0 Å². The Labute approximate surface area is 103 Å². The molecule has 0 aliphatic carbocycles. The molecule has 98 valence electrons. The van der Waals surface area contributed by atoms with E-state index in [1.54, 1.807) is 0 Å². The summed E-state index contributed by atoms with van der Waals surface area (Å²) >= 11 is 0. The van der Waals surface area contributed by atoms with Gasteiger partial charge in [0.15, 0.2) is 0 Å². The summed E-state index contributed by atoms with van der Waals surface area (Å²) < 4.78 is 0. The zero-order chi connectivity index (χ0) is 12.6. The van der Waals surface area contributed by atoms with Crippen LogP contribution < -0.4 is 0 Å². The van der Waals surface area contributed by atoms with Gasteiger partial charge in [-0.25, -0.2) is 0 Å². The van der Waals surface area contributed by atoms with Crippen LogP contribution in [0.25, 0.3) is 0 Å². The van der Waals surface area contributed by atoms with Gasteiger partial charge in [0.05, 0.1) is 0 Å². The summed E-state index contributed by atoms with van der Waals surface area (Å²) in [6.07, 6.45) is 7.66. The Morgan fingerprint density at radius 2 is 1.69 bits per heavy atom. The molecule has 0 rings (SSSR count). The van der Waals surface area contributed by atoms with Gasteiger partial charge >= 0.3 is 0 Å². The van der Waals surface area contributed by atoms with E-state index >= 15 is 0 Å². The first-order valence-electron chi connectivity index (χ1n) is 7.01. The largest absolute Gasteiger partial charge is 0.396 e. The van der Waals surface area contributed by atoms with Crippen molar-refractivity contribution in [2.75, 3.05) is 6.61 Å². The van der Waals surface area contributed by atoms with Crippen molar-refractivity contribution in [3.05, 3.63) is 0 Å². The van der Waals surface area contributed by atoms with Gasteiger partial charge in [-0.2, -0.15) is 0 Å². The van der Waals surface area contributed by atoms with Crippen LogP contribution in [0.2, 0.25) is 0 Å². The van der Waals surface area contributed by atoms with E-state index in [-0.39, 0.29) is 0 Å². The van der Waals surface area contributed by atoms with E-state index in [4.69, 9.17) is 0 Å². The monoisotopic (exact) mass is 228 g/mol. The van der Waals surface area contributed by atoms with E-state index in [0.29, 0.717) is 23.9 Å². The third kappa shape index (κ3) is 8.15. The molecule has 0 radical (unpaired) electrons. The van der Waals surface area contributed by atoms with Crippen LogP contribution in [0.5, 0.6) is 0 Å². The quantitative estimate of drug-likeness (QED) is 0.600. The van der Waals surface area contributed by atoms with Crippen molar-refractivity contribution >= 4 is 0 Å². The second-order valence-electron chi connectivity index (χ2n) is 6.53. The van der Waals surface area contributed by atoms with Crippen LogP contribution in [0.3, 0.4) is 0 Å². The van der Waals surface area contributed by atoms with Crippen LogP contribution >= 0.6 is 0 Å². The molecule has 2 unspecified atom stereocenters. The number of aliphatic hydroxyl groups excluding tert-OH is 1. The molecule has 0 heterocycles. The zero-order valence-electron chi connectivity index (χ0n) is 12.1. The van der Waals surface area contributed by atoms with Crippen molar-refractivity contribution in [2.24, 2.45) is 17.3 Å². The second kappa shape index (κ2) is 8.11. The summed E-state index contributed by atoms with van der Waals surface area (Å²) in [5.74, 6) is 1.16. The van der Waals surface area contributed by atoms with Crippen molar-refractivity contribution in [3.63, 3.8) is 0 Å². The van der Waals surface area contributed by atoms with Crippen LogP contribution in [0.1, 0.15) is 73.1 Å². The smallest absolute Gasteiger partial charge is 0.0461 e. The first-order valence-corrected chi connectivity index (χ1v) is 7.01. The SMILES string of the molecule is CCCCCCC(CO)C(C)CC(C)(C)C. The summed E-state index contributed by atoms with van der Waals surface area (Å²) in [6.45, 7) is 11.8. The van der Waals surface area contributed by atoms with Crippen molar-refractivity contribution in [3.8, 4) is 0 Å². The standard InChI is InChI=1S/C15H32O/c1-6-7-8-9-10-14(12-16)13(2)11-15(3,4)5/h13-14,16H,6-12H2,1-5H3.